The zero-order valence-corrected chi connectivity index (χ0v) is 12.3. The molecule has 0 amide bonds. The fourth-order valence-electron chi connectivity index (χ4n) is 1.48. The summed E-state index contributed by atoms with van der Waals surface area (Å²) in [5.74, 6) is 0.962. The first-order chi connectivity index (χ1) is 8.28. The first-order valence-electron chi connectivity index (χ1n) is 5.72. The van der Waals surface area contributed by atoms with E-state index in [4.69, 9.17) is 4.74 Å². The standard InChI is InChI=1S/C15H16IO/c1-3-17-15-10-8-14(9-11-15)16-13-6-4-12(2)5-7-13/h4-11H,3H2,1-2H3/q+1. The SMILES string of the molecule is CCOc1ccc([I+]c2ccc(C)cc2)cc1. The Morgan fingerprint density at radius 1 is 0.882 bits per heavy atom. The lowest BCUT2D eigenvalue weighted by molar-refractivity contribution is -0.597. The third kappa shape index (κ3) is 3.73. The lowest BCUT2D eigenvalue weighted by atomic mass is 10.2. The van der Waals surface area contributed by atoms with Gasteiger partial charge in [-0.3, -0.25) is 0 Å². The van der Waals surface area contributed by atoms with Crippen LogP contribution >= 0.6 is 0 Å². The van der Waals surface area contributed by atoms with Crippen molar-refractivity contribution in [3.05, 3.63) is 61.2 Å². The average molecular weight is 339 g/mol. The van der Waals surface area contributed by atoms with E-state index in [1.165, 1.54) is 12.7 Å². The van der Waals surface area contributed by atoms with E-state index in [2.05, 4.69) is 55.5 Å². The molecule has 17 heavy (non-hydrogen) atoms. The highest BCUT2D eigenvalue weighted by Crippen LogP contribution is 2.07. The van der Waals surface area contributed by atoms with Gasteiger partial charge in [-0.25, -0.2) is 0 Å². The van der Waals surface area contributed by atoms with E-state index in [1.807, 2.05) is 6.92 Å². The van der Waals surface area contributed by atoms with Crippen LogP contribution in [0.5, 0.6) is 5.75 Å². The number of halogens is 1. The Hall–Kier alpha value is -1.03. The van der Waals surface area contributed by atoms with Gasteiger partial charge in [0.25, 0.3) is 0 Å². The van der Waals surface area contributed by atoms with Crippen molar-refractivity contribution in [3.63, 3.8) is 0 Å². The largest absolute Gasteiger partial charge is 0.494 e. The van der Waals surface area contributed by atoms with Crippen LogP contribution in [0.3, 0.4) is 0 Å². The van der Waals surface area contributed by atoms with Crippen molar-refractivity contribution in [2.24, 2.45) is 0 Å². The monoisotopic (exact) mass is 339 g/mol. The highest BCUT2D eigenvalue weighted by Gasteiger charge is 2.14. The molecular formula is C15H16IO+. The van der Waals surface area contributed by atoms with Gasteiger partial charge < -0.3 is 4.74 Å². The predicted octanol–water partition coefficient (Wildman–Crippen LogP) is 0.522. The van der Waals surface area contributed by atoms with Gasteiger partial charge in [0.1, 0.15) is 5.75 Å². The normalized spacial score (nSPS) is 10.2. The predicted molar refractivity (Wildman–Crippen MR) is 66.2 cm³/mol. The molecule has 0 fully saturated rings. The van der Waals surface area contributed by atoms with Crippen LogP contribution in [-0.2, 0) is 0 Å². The van der Waals surface area contributed by atoms with Crippen LogP contribution in [0.2, 0.25) is 0 Å². The Morgan fingerprint density at radius 2 is 1.41 bits per heavy atom. The van der Waals surface area contributed by atoms with E-state index in [9.17, 15) is 0 Å². The summed E-state index contributed by atoms with van der Waals surface area (Å²) in [6.45, 7) is 4.86. The van der Waals surface area contributed by atoms with Crippen LogP contribution in [0.4, 0.5) is 0 Å². The molecule has 0 saturated heterocycles. The summed E-state index contributed by atoms with van der Waals surface area (Å²) >= 11 is -0.0622. The molecule has 0 heterocycles. The molecule has 2 aromatic carbocycles. The first-order valence-corrected chi connectivity index (χ1v) is 7.88. The molecule has 0 bridgehead atoms. The minimum Gasteiger partial charge on any atom is -0.494 e. The molecule has 0 aliphatic rings. The molecule has 88 valence electrons. The van der Waals surface area contributed by atoms with Gasteiger partial charge in [-0.2, -0.15) is 0 Å². The highest BCUT2D eigenvalue weighted by molar-refractivity contribution is 5.20. The van der Waals surface area contributed by atoms with Crippen LogP contribution in [0.1, 0.15) is 12.5 Å². The maximum Gasteiger partial charge on any atom is 0.357 e. The van der Waals surface area contributed by atoms with Gasteiger partial charge in [0, 0.05) is 0 Å². The van der Waals surface area contributed by atoms with Gasteiger partial charge >= 0.3 is 21.2 Å². The Morgan fingerprint density at radius 3 is 1.94 bits per heavy atom. The molecule has 0 unspecified atom stereocenters. The molecule has 0 aromatic heterocycles. The Kier molecular flexibility index (Phi) is 4.42. The second-order valence-electron chi connectivity index (χ2n) is 3.78. The fraction of sp³-hybridized carbons (Fsp3) is 0.200. The van der Waals surface area contributed by atoms with Gasteiger partial charge in [0.15, 0.2) is 7.14 Å². The summed E-state index contributed by atoms with van der Waals surface area (Å²) in [6.07, 6.45) is 0. The summed E-state index contributed by atoms with van der Waals surface area (Å²) in [7, 11) is 0. The second-order valence-corrected chi connectivity index (χ2v) is 6.81. The molecule has 0 radical (unpaired) electrons. The van der Waals surface area contributed by atoms with Crippen LogP contribution < -0.4 is 25.9 Å². The van der Waals surface area contributed by atoms with Gasteiger partial charge in [0.2, 0.25) is 0 Å². The fourth-order valence-corrected chi connectivity index (χ4v) is 3.64. The molecular weight excluding hydrogens is 323 g/mol. The molecule has 0 aliphatic heterocycles. The van der Waals surface area contributed by atoms with Gasteiger partial charge in [-0.05, 0) is 50.2 Å². The molecule has 0 N–H and O–H groups in total. The number of hydrogen-bond donors (Lipinski definition) is 0. The van der Waals surface area contributed by atoms with E-state index >= 15 is 0 Å². The summed E-state index contributed by atoms with van der Waals surface area (Å²) in [5, 5.41) is 0. The number of ether oxygens (including phenoxy) is 1. The number of benzene rings is 2. The van der Waals surface area contributed by atoms with E-state index in [0.29, 0.717) is 0 Å². The highest BCUT2D eigenvalue weighted by atomic mass is 127. The van der Waals surface area contributed by atoms with Gasteiger partial charge in [-0.15, -0.1) is 0 Å². The number of hydrogen-bond acceptors (Lipinski definition) is 1. The van der Waals surface area contributed by atoms with E-state index in [1.54, 1.807) is 0 Å². The summed E-state index contributed by atoms with van der Waals surface area (Å²) < 4.78 is 8.32. The first kappa shape index (κ1) is 12.4. The van der Waals surface area contributed by atoms with Crippen molar-refractivity contribution < 1.29 is 25.9 Å². The smallest absolute Gasteiger partial charge is 0.357 e. The number of rotatable bonds is 4. The summed E-state index contributed by atoms with van der Waals surface area (Å²) in [5.41, 5.74) is 1.32. The third-order valence-electron chi connectivity index (χ3n) is 2.35. The Bertz CT molecular complexity index is 459. The third-order valence-corrected chi connectivity index (χ3v) is 5.04. The van der Waals surface area contributed by atoms with Crippen molar-refractivity contribution >= 4 is 0 Å². The van der Waals surface area contributed by atoms with Crippen LogP contribution in [0.15, 0.2) is 48.5 Å². The topological polar surface area (TPSA) is 9.23 Å². The Labute approximate surface area is 113 Å². The van der Waals surface area contributed by atoms with Crippen molar-refractivity contribution in [2.45, 2.75) is 13.8 Å². The molecule has 2 rings (SSSR count). The van der Waals surface area contributed by atoms with Crippen molar-refractivity contribution in [2.75, 3.05) is 6.61 Å². The van der Waals surface area contributed by atoms with Crippen molar-refractivity contribution in [3.8, 4) is 5.75 Å². The van der Waals surface area contributed by atoms with Crippen LogP contribution in [-0.4, -0.2) is 6.61 Å². The molecule has 1 nitrogen and oxygen atoms in total. The molecule has 0 aliphatic carbocycles. The molecule has 2 aromatic rings. The second kappa shape index (κ2) is 6.05. The minimum atomic E-state index is -0.0622. The average Bonchev–Trinajstić information content (AvgIpc) is 2.35. The Balaban J connectivity index is 2.05. The zero-order chi connectivity index (χ0) is 12.1. The van der Waals surface area contributed by atoms with Gasteiger partial charge in [-0.1, -0.05) is 17.7 Å². The quantitative estimate of drug-likeness (QED) is 0.739. The molecule has 2 heteroatoms. The maximum absolute atomic E-state index is 5.44. The van der Waals surface area contributed by atoms with Crippen molar-refractivity contribution in [1.29, 1.82) is 0 Å². The minimum absolute atomic E-state index is 0.0622. The lowest BCUT2D eigenvalue weighted by Crippen LogP contribution is -3.61. The van der Waals surface area contributed by atoms with Crippen LogP contribution in [0, 0.1) is 14.1 Å². The molecule has 0 spiro atoms. The summed E-state index contributed by atoms with van der Waals surface area (Å²) in [4.78, 5) is 0. The summed E-state index contributed by atoms with van der Waals surface area (Å²) in [6, 6.07) is 17.3. The van der Waals surface area contributed by atoms with Crippen LogP contribution in [0.25, 0.3) is 0 Å². The van der Waals surface area contributed by atoms with Gasteiger partial charge in [0.05, 0.1) is 6.61 Å². The van der Waals surface area contributed by atoms with Crippen molar-refractivity contribution in [1.82, 2.24) is 0 Å². The van der Waals surface area contributed by atoms with E-state index in [-0.39, 0.29) is 21.2 Å². The lowest BCUT2D eigenvalue weighted by Gasteiger charge is -2.00. The maximum atomic E-state index is 5.44. The molecule has 0 atom stereocenters. The molecule has 0 saturated carbocycles. The number of aryl methyl sites for hydroxylation is 1. The zero-order valence-electron chi connectivity index (χ0n) is 10.1. The van der Waals surface area contributed by atoms with E-state index in [0.717, 1.165) is 12.4 Å². The van der Waals surface area contributed by atoms with E-state index < -0.39 is 0 Å².